The highest BCUT2D eigenvalue weighted by molar-refractivity contribution is 7.89. The van der Waals surface area contributed by atoms with Gasteiger partial charge in [-0.25, -0.2) is 17.9 Å². The number of hydrogen-bond donors (Lipinski definition) is 2. The molecule has 7 nitrogen and oxygen atoms in total. The topological polar surface area (TPSA) is 109 Å². The molecule has 20 heavy (non-hydrogen) atoms. The maximum atomic E-state index is 12.1. The third-order valence-corrected chi connectivity index (χ3v) is 5.14. The standard InChI is InChI=1S/C11H11N3O4S2/c1-7-10(5-9(19-7)11(15)16)20(17,18)13-6-8-3-2-4-12-14-8/h2-5,13H,6H2,1H3,(H,15,16). The van der Waals surface area contributed by atoms with Crippen LogP contribution in [0.2, 0.25) is 0 Å². The van der Waals surface area contributed by atoms with Crippen LogP contribution in [0, 0.1) is 6.92 Å². The number of rotatable bonds is 5. The van der Waals surface area contributed by atoms with E-state index in [1.165, 1.54) is 6.20 Å². The zero-order valence-electron chi connectivity index (χ0n) is 10.4. The molecule has 0 fully saturated rings. The van der Waals surface area contributed by atoms with Gasteiger partial charge in [-0.2, -0.15) is 10.2 Å². The molecule has 2 aromatic rings. The number of aromatic carboxylic acids is 1. The molecule has 0 spiro atoms. The first-order chi connectivity index (χ1) is 9.40. The van der Waals surface area contributed by atoms with Crippen molar-refractivity contribution in [1.29, 1.82) is 0 Å². The minimum atomic E-state index is -3.77. The number of carboxylic acid groups (broad SMARTS) is 1. The number of aryl methyl sites for hydroxylation is 1. The average Bonchev–Trinajstić information content (AvgIpc) is 2.81. The van der Waals surface area contributed by atoms with Crippen LogP contribution in [-0.4, -0.2) is 29.7 Å². The summed E-state index contributed by atoms with van der Waals surface area (Å²) < 4.78 is 26.6. The lowest BCUT2D eigenvalue weighted by Gasteiger charge is -2.05. The number of hydrogen-bond acceptors (Lipinski definition) is 6. The highest BCUT2D eigenvalue weighted by Gasteiger charge is 2.22. The van der Waals surface area contributed by atoms with Crippen molar-refractivity contribution in [3.8, 4) is 0 Å². The Kier molecular flexibility index (Phi) is 4.12. The van der Waals surface area contributed by atoms with Crippen LogP contribution in [0.25, 0.3) is 0 Å². The Hall–Kier alpha value is -1.84. The Bertz CT molecular complexity index is 725. The van der Waals surface area contributed by atoms with Crippen molar-refractivity contribution < 1.29 is 18.3 Å². The molecule has 0 saturated carbocycles. The number of thiophene rings is 1. The fourth-order valence-electron chi connectivity index (χ4n) is 1.51. The summed E-state index contributed by atoms with van der Waals surface area (Å²) in [7, 11) is -3.77. The number of nitrogens with zero attached hydrogens (tertiary/aromatic N) is 2. The van der Waals surface area contributed by atoms with Crippen LogP contribution in [0.1, 0.15) is 20.2 Å². The van der Waals surface area contributed by atoms with E-state index in [1.807, 2.05) is 0 Å². The highest BCUT2D eigenvalue weighted by atomic mass is 32.2. The van der Waals surface area contributed by atoms with Crippen molar-refractivity contribution in [2.75, 3.05) is 0 Å². The summed E-state index contributed by atoms with van der Waals surface area (Å²) in [6.45, 7) is 1.56. The first-order valence-corrected chi connectivity index (χ1v) is 7.80. The number of aromatic nitrogens is 2. The van der Waals surface area contributed by atoms with E-state index in [4.69, 9.17) is 5.11 Å². The van der Waals surface area contributed by atoms with Gasteiger partial charge in [0.25, 0.3) is 0 Å². The fourth-order valence-corrected chi connectivity index (χ4v) is 3.94. The quantitative estimate of drug-likeness (QED) is 0.853. The molecule has 0 unspecified atom stereocenters. The van der Waals surface area contributed by atoms with Crippen molar-refractivity contribution in [2.45, 2.75) is 18.4 Å². The third-order valence-electron chi connectivity index (χ3n) is 2.44. The Morgan fingerprint density at radius 1 is 1.50 bits per heavy atom. The molecule has 9 heteroatoms. The van der Waals surface area contributed by atoms with Crippen molar-refractivity contribution in [3.05, 3.63) is 39.8 Å². The Labute approximate surface area is 119 Å². The molecule has 0 aromatic carbocycles. The van der Waals surface area contributed by atoms with Crippen LogP contribution in [0.15, 0.2) is 29.3 Å². The Morgan fingerprint density at radius 2 is 2.25 bits per heavy atom. The van der Waals surface area contributed by atoms with Crippen LogP contribution in [-0.2, 0) is 16.6 Å². The molecular formula is C11H11N3O4S2. The monoisotopic (exact) mass is 313 g/mol. The van der Waals surface area contributed by atoms with E-state index in [0.717, 1.165) is 17.4 Å². The molecule has 2 rings (SSSR count). The third kappa shape index (κ3) is 3.18. The van der Waals surface area contributed by atoms with Crippen molar-refractivity contribution in [1.82, 2.24) is 14.9 Å². The molecule has 0 radical (unpaired) electrons. The maximum absolute atomic E-state index is 12.1. The van der Waals surface area contributed by atoms with E-state index < -0.39 is 16.0 Å². The SMILES string of the molecule is Cc1sc(C(=O)O)cc1S(=O)(=O)NCc1cccnn1. The van der Waals surface area contributed by atoms with Crippen molar-refractivity contribution in [2.24, 2.45) is 0 Å². The van der Waals surface area contributed by atoms with E-state index in [2.05, 4.69) is 14.9 Å². The van der Waals surface area contributed by atoms with E-state index in [-0.39, 0.29) is 16.3 Å². The number of carboxylic acids is 1. The van der Waals surface area contributed by atoms with Gasteiger partial charge < -0.3 is 5.11 Å². The second-order valence-electron chi connectivity index (χ2n) is 3.88. The summed E-state index contributed by atoms with van der Waals surface area (Å²) >= 11 is 0.924. The van der Waals surface area contributed by atoms with Crippen LogP contribution in [0.5, 0.6) is 0 Å². The van der Waals surface area contributed by atoms with Crippen molar-refractivity contribution >= 4 is 27.3 Å². The van der Waals surface area contributed by atoms with Crippen LogP contribution < -0.4 is 4.72 Å². The van der Waals surface area contributed by atoms with Gasteiger partial charge in [0.05, 0.1) is 17.1 Å². The summed E-state index contributed by atoms with van der Waals surface area (Å²) in [6.07, 6.45) is 1.49. The maximum Gasteiger partial charge on any atom is 0.345 e. The predicted octanol–water partition coefficient (Wildman–Crippen LogP) is 1.02. The van der Waals surface area contributed by atoms with Gasteiger partial charge in [-0.05, 0) is 25.1 Å². The molecule has 0 aliphatic heterocycles. The summed E-state index contributed by atoms with van der Waals surface area (Å²) in [6, 6.07) is 4.44. The summed E-state index contributed by atoms with van der Waals surface area (Å²) in [5.74, 6) is -1.14. The van der Waals surface area contributed by atoms with E-state index in [9.17, 15) is 13.2 Å². The van der Waals surface area contributed by atoms with Gasteiger partial charge in [0, 0.05) is 11.1 Å². The fraction of sp³-hybridized carbons (Fsp3) is 0.182. The molecule has 0 amide bonds. The summed E-state index contributed by atoms with van der Waals surface area (Å²) in [4.78, 5) is 11.2. The zero-order valence-corrected chi connectivity index (χ0v) is 12.0. The van der Waals surface area contributed by atoms with Crippen LogP contribution >= 0.6 is 11.3 Å². The highest BCUT2D eigenvalue weighted by Crippen LogP contribution is 2.25. The number of sulfonamides is 1. The number of carbonyl (C=O) groups is 1. The first kappa shape index (κ1) is 14.6. The first-order valence-electron chi connectivity index (χ1n) is 5.50. The Morgan fingerprint density at radius 3 is 2.80 bits per heavy atom. The smallest absolute Gasteiger partial charge is 0.345 e. The van der Waals surface area contributed by atoms with E-state index in [0.29, 0.717) is 10.6 Å². The van der Waals surface area contributed by atoms with Gasteiger partial charge in [0.1, 0.15) is 4.88 Å². The molecule has 0 aliphatic rings. The van der Waals surface area contributed by atoms with Gasteiger partial charge in [-0.3, -0.25) is 0 Å². The minimum absolute atomic E-state index is 0.00609. The number of nitrogens with one attached hydrogen (secondary N) is 1. The minimum Gasteiger partial charge on any atom is -0.477 e. The molecule has 2 N–H and O–H groups in total. The Balaban J connectivity index is 2.20. The molecule has 2 heterocycles. The lowest BCUT2D eigenvalue weighted by atomic mass is 10.4. The summed E-state index contributed by atoms with van der Waals surface area (Å²) in [5.41, 5.74) is 0.474. The molecule has 106 valence electrons. The van der Waals surface area contributed by atoms with Gasteiger partial charge in [0.2, 0.25) is 10.0 Å². The van der Waals surface area contributed by atoms with Crippen molar-refractivity contribution in [3.63, 3.8) is 0 Å². The lowest BCUT2D eigenvalue weighted by Crippen LogP contribution is -2.24. The van der Waals surface area contributed by atoms with Gasteiger partial charge in [0.15, 0.2) is 0 Å². The second kappa shape index (κ2) is 5.65. The average molecular weight is 313 g/mol. The second-order valence-corrected chi connectivity index (χ2v) is 6.87. The van der Waals surface area contributed by atoms with Gasteiger partial charge in [-0.15, -0.1) is 11.3 Å². The molecule has 0 bridgehead atoms. The molecule has 0 saturated heterocycles. The molecule has 0 aliphatic carbocycles. The predicted molar refractivity (Wildman–Crippen MR) is 72.1 cm³/mol. The van der Waals surface area contributed by atoms with Crippen LogP contribution in [0.4, 0.5) is 0 Å². The van der Waals surface area contributed by atoms with E-state index in [1.54, 1.807) is 19.1 Å². The van der Waals surface area contributed by atoms with Crippen LogP contribution in [0.3, 0.4) is 0 Å². The lowest BCUT2D eigenvalue weighted by molar-refractivity contribution is 0.0702. The van der Waals surface area contributed by atoms with E-state index >= 15 is 0 Å². The zero-order chi connectivity index (χ0) is 14.8. The van der Waals surface area contributed by atoms with Gasteiger partial charge >= 0.3 is 5.97 Å². The molecule has 0 atom stereocenters. The largest absolute Gasteiger partial charge is 0.477 e. The molecular weight excluding hydrogens is 302 g/mol. The van der Waals surface area contributed by atoms with Gasteiger partial charge in [-0.1, -0.05) is 0 Å². The summed E-state index contributed by atoms with van der Waals surface area (Å²) in [5, 5.41) is 16.3. The molecule has 2 aromatic heterocycles. The normalized spacial score (nSPS) is 11.4.